The summed E-state index contributed by atoms with van der Waals surface area (Å²) in [5.41, 5.74) is 1.16. The molecule has 1 saturated heterocycles. The molecule has 1 fully saturated rings. The van der Waals surface area contributed by atoms with E-state index in [4.69, 9.17) is 0 Å². The van der Waals surface area contributed by atoms with E-state index in [1.165, 1.54) is 0 Å². The van der Waals surface area contributed by atoms with Gasteiger partial charge >= 0.3 is 0 Å². The standard InChI is InChI=1S/C8H13N3O2/c1-6-7(10-13-9-6)3-11-4-8(2,12)5-11/h12H,3-5H2,1-2H3. The first kappa shape index (κ1) is 8.65. The molecule has 0 radical (unpaired) electrons. The summed E-state index contributed by atoms with van der Waals surface area (Å²) in [7, 11) is 0. The van der Waals surface area contributed by atoms with Crippen LogP contribution in [0.3, 0.4) is 0 Å². The van der Waals surface area contributed by atoms with Gasteiger partial charge in [-0.25, -0.2) is 4.63 Å². The van der Waals surface area contributed by atoms with E-state index >= 15 is 0 Å². The quantitative estimate of drug-likeness (QED) is 0.696. The molecule has 0 aromatic carbocycles. The maximum absolute atomic E-state index is 9.48. The molecule has 0 bridgehead atoms. The fourth-order valence-corrected chi connectivity index (χ4v) is 1.63. The van der Waals surface area contributed by atoms with Crippen LogP contribution in [0.25, 0.3) is 0 Å². The Bertz CT molecular complexity index is 300. The molecular weight excluding hydrogens is 170 g/mol. The summed E-state index contributed by atoms with van der Waals surface area (Å²) < 4.78 is 4.58. The van der Waals surface area contributed by atoms with Crippen LogP contribution >= 0.6 is 0 Å². The molecule has 5 heteroatoms. The van der Waals surface area contributed by atoms with Crippen LogP contribution in [-0.4, -0.2) is 39.0 Å². The van der Waals surface area contributed by atoms with Gasteiger partial charge in [0.15, 0.2) is 0 Å². The van der Waals surface area contributed by atoms with Crippen molar-refractivity contribution in [2.24, 2.45) is 0 Å². The van der Waals surface area contributed by atoms with Crippen molar-refractivity contribution in [3.05, 3.63) is 11.4 Å². The number of aryl methyl sites for hydroxylation is 1. The van der Waals surface area contributed by atoms with E-state index in [1.807, 2.05) is 13.8 Å². The van der Waals surface area contributed by atoms with E-state index in [2.05, 4.69) is 19.8 Å². The normalized spacial score (nSPS) is 21.5. The summed E-state index contributed by atoms with van der Waals surface area (Å²) in [6.07, 6.45) is 0. The molecule has 1 N–H and O–H groups in total. The van der Waals surface area contributed by atoms with E-state index in [1.54, 1.807) is 0 Å². The number of aliphatic hydroxyl groups is 1. The van der Waals surface area contributed by atoms with Crippen molar-refractivity contribution in [1.29, 1.82) is 0 Å². The molecule has 0 saturated carbocycles. The number of nitrogens with zero attached hydrogens (tertiary/aromatic N) is 3. The Morgan fingerprint density at radius 3 is 2.69 bits per heavy atom. The molecule has 13 heavy (non-hydrogen) atoms. The average Bonchev–Trinajstić information content (AvgIpc) is 2.33. The van der Waals surface area contributed by atoms with Crippen molar-refractivity contribution >= 4 is 0 Å². The molecule has 0 aliphatic carbocycles. The molecule has 1 aliphatic rings. The highest BCUT2D eigenvalue weighted by atomic mass is 16.6. The van der Waals surface area contributed by atoms with Crippen LogP contribution in [0.1, 0.15) is 18.3 Å². The van der Waals surface area contributed by atoms with Gasteiger partial charge in [-0.2, -0.15) is 0 Å². The van der Waals surface area contributed by atoms with Crippen LogP contribution in [0.2, 0.25) is 0 Å². The number of rotatable bonds is 2. The second-order valence-electron chi connectivity index (χ2n) is 3.94. The van der Waals surface area contributed by atoms with E-state index < -0.39 is 5.60 Å². The Hall–Kier alpha value is -0.940. The maximum atomic E-state index is 9.48. The molecule has 1 aromatic heterocycles. The van der Waals surface area contributed by atoms with E-state index in [9.17, 15) is 5.11 Å². The van der Waals surface area contributed by atoms with Crippen LogP contribution in [0.4, 0.5) is 0 Å². The second-order valence-corrected chi connectivity index (χ2v) is 3.94. The largest absolute Gasteiger partial charge is 0.388 e. The molecule has 1 aromatic rings. The molecule has 2 rings (SSSR count). The lowest BCUT2D eigenvalue weighted by molar-refractivity contribution is -0.0878. The van der Waals surface area contributed by atoms with Gasteiger partial charge in [0.2, 0.25) is 0 Å². The van der Waals surface area contributed by atoms with Gasteiger partial charge in [-0.05, 0) is 13.8 Å². The molecule has 0 spiro atoms. The number of β-amino-alcohol motifs (C(OH)–C–C–N with tert-alkyl or cyclic N) is 1. The third kappa shape index (κ3) is 1.71. The lowest BCUT2D eigenvalue weighted by atomic mass is 9.97. The SMILES string of the molecule is Cc1nonc1CN1CC(C)(O)C1. The van der Waals surface area contributed by atoms with Crippen molar-refractivity contribution in [3.63, 3.8) is 0 Å². The van der Waals surface area contributed by atoms with Gasteiger partial charge in [-0.15, -0.1) is 0 Å². The van der Waals surface area contributed by atoms with Crippen LogP contribution < -0.4 is 0 Å². The number of aromatic nitrogens is 2. The molecule has 1 aliphatic heterocycles. The Morgan fingerprint density at radius 2 is 2.23 bits per heavy atom. The van der Waals surface area contributed by atoms with E-state index in [-0.39, 0.29) is 0 Å². The lowest BCUT2D eigenvalue weighted by Crippen LogP contribution is -2.59. The third-order valence-corrected chi connectivity index (χ3v) is 2.25. The Kier molecular flexibility index (Phi) is 1.85. The zero-order valence-corrected chi connectivity index (χ0v) is 7.82. The van der Waals surface area contributed by atoms with E-state index in [0.29, 0.717) is 19.6 Å². The Balaban J connectivity index is 1.91. The van der Waals surface area contributed by atoms with Gasteiger partial charge < -0.3 is 5.11 Å². The van der Waals surface area contributed by atoms with Crippen LogP contribution in [0.15, 0.2) is 4.63 Å². The highest BCUT2D eigenvalue weighted by molar-refractivity contribution is 5.06. The maximum Gasteiger partial charge on any atom is 0.122 e. The Morgan fingerprint density at radius 1 is 1.54 bits per heavy atom. The molecular formula is C8H13N3O2. The zero-order valence-electron chi connectivity index (χ0n) is 7.82. The number of hydrogen-bond acceptors (Lipinski definition) is 5. The molecule has 72 valence electrons. The van der Waals surface area contributed by atoms with Crippen molar-refractivity contribution in [3.8, 4) is 0 Å². The van der Waals surface area contributed by atoms with Gasteiger partial charge in [0, 0.05) is 19.6 Å². The van der Waals surface area contributed by atoms with Crippen LogP contribution in [-0.2, 0) is 6.54 Å². The molecule has 0 amide bonds. The summed E-state index contributed by atoms with van der Waals surface area (Å²) >= 11 is 0. The predicted octanol–water partition coefficient (Wildman–Crippen LogP) is -0.0554. The number of likely N-dealkylation sites (tertiary alicyclic amines) is 1. The second kappa shape index (κ2) is 2.78. The fourth-order valence-electron chi connectivity index (χ4n) is 1.63. The monoisotopic (exact) mass is 183 g/mol. The highest BCUT2D eigenvalue weighted by Gasteiger charge is 2.36. The summed E-state index contributed by atoms with van der Waals surface area (Å²) in [6, 6.07) is 0. The minimum atomic E-state index is -0.523. The van der Waals surface area contributed by atoms with Gasteiger partial charge in [0.25, 0.3) is 0 Å². The minimum Gasteiger partial charge on any atom is -0.388 e. The summed E-state index contributed by atoms with van der Waals surface area (Å²) in [5.74, 6) is 0. The first-order chi connectivity index (χ1) is 6.07. The summed E-state index contributed by atoms with van der Waals surface area (Å²) in [4.78, 5) is 2.10. The highest BCUT2D eigenvalue weighted by Crippen LogP contribution is 2.21. The summed E-state index contributed by atoms with van der Waals surface area (Å²) in [5, 5.41) is 16.9. The minimum absolute atomic E-state index is 0.523. The molecule has 0 unspecified atom stereocenters. The van der Waals surface area contributed by atoms with Crippen LogP contribution in [0, 0.1) is 6.92 Å². The Labute approximate surface area is 76.3 Å². The predicted molar refractivity (Wildman–Crippen MR) is 44.9 cm³/mol. The average molecular weight is 183 g/mol. The smallest absolute Gasteiger partial charge is 0.122 e. The van der Waals surface area contributed by atoms with Crippen molar-refractivity contribution < 1.29 is 9.74 Å². The topological polar surface area (TPSA) is 62.4 Å². The first-order valence-electron chi connectivity index (χ1n) is 4.30. The van der Waals surface area contributed by atoms with Crippen molar-refractivity contribution in [1.82, 2.24) is 15.2 Å². The summed E-state index contributed by atoms with van der Waals surface area (Å²) in [6.45, 7) is 5.80. The van der Waals surface area contributed by atoms with Gasteiger partial charge in [0.05, 0.1) is 5.60 Å². The lowest BCUT2D eigenvalue weighted by Gasteiger charge is -2.43. The van der Waals surface area contributed by atoms with Gasteiger partial charge in [0.1, 0.15) is 11.4 Å². The van der Waals surface area contributed by atoms with Gasteiger partial charge in [-0.3, -0.25) is 4.90 Å². The molecule has 5 nitrogen and oxygen atoms in total. The molecule has 0 atom stereocenters. The third-order valence-electron chi connectivity index (χ3n) is 2.25. The van der Waals surface area contributed by atoms with Gasteiger partial charge in [-0.1, -0.05) is 10.3 Å². The van der Waals surface area contributed by atoms with Crippen LogP contribution in [0.5, 0.6) is 0 Å². The van der Waals surface area contributed by atoms with E-state index in [0.717, 1.165) is 11.4 Å². The molecule has 2 heterocycles. The first-order valence-corrected chi connectivity index (χ1v) is 4.30. The number of hydrogen-bond donors (Lipinski definition) is 1. The van der Waals surface area contributed by atoms with Crippen molar-refractivity contribution in [2.75, 3.05) is 13.1 Å². The fraction of sp³-hybridized carbons (Fsp3) is 0.750. The van der Waals surface area contributed by atoms with Crippen molar-refractivity contribution in [2.45, 2.75) is 26.0 Å². The zero-order chi connectivity index (χ0) is 9.47.